The van der Waals surface area contributed by atoms with Crippen molar-refractivity contribution in [2.75, 3.05) is 0 Å². The van der Waals surface area contributed by atoms with Gasteiger partial charge in [0, 0.05) is 35.9 Å². The number of carbonyl (C=O) groups is 1. The molecule has 1 aliphatic rings. The fourth-order valence-corrected chi connectivity index (χ4v) is 4.33. The Balaban J connectivity index is 1.81. The van der Waals surface area contributed by atoms with E-state index in [0.717, 1.165) is 43.6 Å². The molecule has 15 heteroatoms. The van der Waals surface area contributed by atoms with Gasteiger partial charge in [0.05, 0.1) is 22.9 Å². The largest absolute Gasteiger partial charge is 0.458 e. The summed E-state index contributed by atoms with van der Waals surface area (Å²) >= 11 is 0.834. The molecule has 3 aromatic rings. The van der Waals surface area contributed by atoms with Gasteiger partial charge in [-0.15, -0.1) is 11.3 Å². The van der Waals surface area contributed by atoms with E-state index in [0.29, 0.717) is 9.25 Å². The van der Waals surface area contributed by atoms with E-state index in [1.165, 1.54) is 6.07 Å². The number of alkyl halides is 8. The summed E-state index contributed by atoms with van der Waals surface area (Å²) in [6.07, 6.45) is -8.14. The van der Waals surface area contributed by atoms with Gasteiger partial charge in [-0.3, -0.25) is 4.79 Å². The maximum atomic E-state index is 14.3. The molecule has 1 saturated carbocycles. The van der Waals surface area contributed by atoms with Gasteiger partial charge in [0.2, 0.25) is 0 Å². The van der Waals surface area contributed by atoms with Crippen LogP contribution in [0.3, 0.4) is 0 Å². The number of rotatable bonds is 5. The number of nitriles is 1. The van der Waals surface area contributed by atoms with E-state index >= 15 is 0 Å². The number of hydrogen-bond donors (Lipinski definition) is 1. The Morgan fingerprint density at radius 2 is 1.83 bits per heavy atom. The van der Waals surface area contributed by atoms with E-state index in [4.69, 9.17) is 0 Å². The summed E-state index contributed by atoms with van der Waals surface area (Å²) in [4.78, 5) is 12.6. The van der Waals surface area contributed by atoms with Crippen LogP contribution < -0.4 is 5.32 Å². The zero-order valence-electron chi connectivity index (χ0n) is 17.4. The van der Waals surface area contributed by atoms with Crippen molar-refractivity contribution in [1.82, 2.24) is 19.7 Å². The quantitative estimate of drug-likeness (QED) is 0.457. The van der Waals surface area contributed by atoms with Gasteiger partial charge in [0.15, 0.2) is 0 Å². The van der Waals surface area contributed by atoms with E-state index in [2.05, 4.69) is 10.4 Å². The number of hydrogen-bond acceptors (Lipinski definition) is 4. The molecule has 0 spiro atoms. The molecule has 0 atom stereocenters. The lowest BCUT2D eigenvalue weighted by Crippen LogP contribution is -2.36. The molecule has 1 amide bonds. The molecule has 0 bridgehead atoms. The second kappa shape index (κ2) is 8.08. The first-order chi connectivity index (χ1) is 16.1. The van der Waals surface area contributed by atoms with E-state index in [1.807, 2.05) is 6.07 Å². The van der Waals surface area contributed by atoms with Gasteiger partial charge in [0.1, 0.15) is 16.8 Å². The number of aryl methyl sites for hydroxylation is 1. The zero-order chi connectivity index (χ0) is 25.9. The van der Waals surface area contributed by atoms with Gasteiger partial charge in [-0.1, -0.05) is 0 Å². The summed E-state index contributed by atoms with van der Waals surface area (Å²) < 4.78 is 109. The molecule has 186 valence electrons. The summed E-state index contributed by atoms with van der Waals surface area (Å²) in [5, 5.41) is 15.7. The fourth-order valence-electron chi connectivity index (χ4n) is 3.40. The SMILES string of the molecule is Cn1cc(C(F)(F)F)c(C(F)(F)C(F)(F)F)c1-n1cc(-c2cc(C(=O)NC3CC3)c(C#N)s2)cn1. The number of amides is 1. The Hall–Kier alpha value is -3.41. The third-order valence-corrected chi connectivity index (χ3v) is 6.29. The normalized spacial score (nSPS) is 14.7. The summed E-state index contributed by atoms with van der Waals surface area (Å²) in [6, 6.07) is 3.16. The molecule has 4 rings (SSSR count). The zero-order valence-corrected chi connectivity index (χ0v) is 18.2. The van der Waals surface area contributed by atoms with E-state index < -0.39 is 41.1 Å². The van der Waals surface area contributed by atoms with E-state index in [1.54, 1.807) is 0 Å². The molecule has 1 aliphatic carbocycles. The number of carbonyl (C=O) groups excluding carboxylic acids is 1. The maximum Gasteiger partial charge on any atom is 0.458 e. The Bertz CT molecular complexity index is 1340. The lowest BCUT2D eigenvalue weighted by molar-refractivity contribution is -0.290. The van der Waals surface area contributed by atoms with Gasteiger partial charge in [0.25, 0.3) is 5.91 Å². The molecule has 35 heavy (non-hydrogen) atoms. The van der Waals surface area contributed by atoms with Crippen molar-refractivity contribution in [3.8, 4) is 22.3 Å². The molecule has 3 heterocycles. The first-order valence-electron chi connectivity index (χ1n) is 9.77. The fraction of sp³-hybridized carbons (Fsp3) is 0.350. The second-order valence-corrected chi connectivity index (χ2v) is 8.86. The minimum atomic E-state index is -6.31. The average molecular weight is 523 g/mol. The second-order valence-electron chi connectivity index (χ2n) is 7.81. The van der Waals surface area contributed by atoms with Crippen LogP contribution in [-0.4, -0.2) is 32.5 Å². The Kier molecular flexibility index (Phi) is 5.70. The highest BCUT2D eigenvalue weighted by molar-refractivity contribution is 7.16. The van der Waals surface area contributed by atoms with Gasteiger partial charge in [-0.25, -0.2) is 4.68 Å². The number of nitrogens with zero attached hydrogens (tertiary/aromatic N) is 4. The average Bonchev–Trinajstić information content (AvgIpc) is 3.15. The highest BCUT2D eigenvalue weighted by Crippen LogP contribution is 2.51. The van der Waals surface area contributed by atoms with E-state index in [-0.39, 0.29) is 33.1 Å². The summed E-state index contributed by atoms with van der Waals surface area (Å²) in [5.74, 6) is -7.50. The van der Waals surface area contributed by atoms with Crippen LogP contribution in [0.1, 0.15) is 39.2 Å². The molecule has 0 saturated heterocycles. The van der Waals surface area contributed by atoms with Crippen LogP contribution in [0.25, 0.3) is 16.3 Å². The van der Waals surface area contributed by atoms with Crippen molar-refractivity contribution in [1.29, 1.82) is 5.26 Å². The van der Waals surface area contributed by atoms with Crippen molar-refractivity contribution in [3.05, 3.63) is 46.2 Å². The summed E-state index contributed by atoms with van der Waals surface area (Å²) in [5.41, 5.74) is -4.32. The number of halogens is 8. The summed E-state index contributed by atoms with van der Waals surface area (Å²) in [6.45, 7) is 0. The number of nitrogens with one attached hydrogen (secondary N) is 1. The van der Waals surface area contributed by atoms with Gasteiger partial charge >= 0.3 is 18.3 Å². The van der Waals surface area contributed by atoms with Crippen LogP contribution >= 0.6 is 11.3 Å². The third kappa shape index (κ3) is 4.38. The van der Waals surface area contributed by atoms with Crippen molar-refractivity contribution in [2.45, 2.75) is 37.2 Å². The standard InChI is InChI=1S/C20H13F8N5OS/c1-32-8-12(19(23,24)25)15(18(21,22)20(26,27)28)17(32)33-7-9(6-30-33)13-4-11(14(5-29)35-13)16(34)31-10-2-3-10/h4,6-8,10H,2-3H2,1H3,(H,31,34). The molecule has 3 aromatic heterocycles. The first kappa shape index (κ1) is 24.7. The van der Waals surface area contributed by atoms with Crippen LogP contribution in [0, 0.1) is 11.3 Å². The summed E-state index contributed by atoms with van der Waals surface area (Å²) in [7, 11) is 0.876. The van der Waals surface area contributed by atoms with Crippen LogP contribution in [-0.2, 0) is 19.1 Å². The predicted octanol–water partition coefficient (Wildman–Crippen LogP) is 5.38. The molecule has 1 N–H and O–H groups in total. The maximum absolute atomic E-state index is 14.3. The molecule has 0 aliphatic heterocycles. The molecule has 1 fully saturated rings. The first-order valence-corrected chi connectivity index (χ1v) is 10.6. The van der Waals surface area contributed by atoms with E-state index in [9.17, 15) is 45.2 Å². The highest BCUT2D eigenvalue weighted by Gasteiger charge is 2.63. The molecule has 0 unspecified atom stereocenters. The molecule has 0 radical (unpaired) electrons. The van der Waals surface area contributed by atoms with Crippen LogP contribution in [0.5, 0.6) is 0 Å². The van der Waals surface area contributed by atoms with Crippen LogP contribution in [0.4, 0.5) is 35.1 Å². The molecular weight excluding hydrogens is 510 g/mol. The monoisotopic (exact) mass is 523 g/mol. The van der Waals surface area contributed by atoms with Gasteiger partial charge in [-0.05, 0) is 18.9 Å². The van der Waals surface area contributed by atoms with Crippen molar-refractivity contribution in [3.63, 3.8) is 0 Å². The van der Waals surface area contributed by atoms with Crippen LogP contribution in [0.2, 0.25) is 0 Å². The number of aromatic nitrogens is 3. The topological polar surface area (TPSA) is 75.6 Å². The minimum absolute atomic E-state index is 0.00552. The van der Waals surface area contributed by atoms with Gasteiger partial charge < -0.3 is 9.88 Å². The Morgan fingerprint density at radius 3 is 2.37 bits per heavy atom. The Morgan fingerprint density at radius 1 is 1.17 bits per heavy atom. The minimum Gasteiger partial charge on any atom is -0.349 e. The Labute approximate surface area is 195 Å². The lowest BCUT2D eigenvalue weighted by Gasteiger charge is -2.22. The van der Waals surface area contributed by atoms with Crippen LogP contribution in [0.15, 0.2) is 24.7 Å². The predicted molar refractivity (Wildman–Crippen MR) is 106 cm³/mol. The highest BCUT2D eigenvalue weighted by atomic mass is 32.1. The van der Waals surface area contributed by atoms with Crippen molar-refractivity contribution >= 4 is 17.2 Å². The van der Waals surface area contributed by atoms with Gasteiger partial charge in [-0.2, -0.15) is 45.5 Å². The third-order valence-electron chi connectivity index (χ3n) is 5.20. The smallest absolute Gasteiger partial charge is 0.349 e. The number of thiophene rings is 1. The molecule has 6 nitrogen and oxygen atoms in total. The van der Waals surface area contributed by atoms with Crippen molar-refractivity contribution < 1.29 is 39.9 Å². The molecule has 0 aromatic carbocycles. The van der Waals surface area contributed by atoms with Crippen molar-refractivity contribution in [2.24, 2.45) is 7.05 Å². The molecular formula is C20H13F8N5OS. The lowest BCUT2D eigenvalue weighted by atomic mass is 10.1.